The summed E-state index contributed by atoms with van der Waals surface area (Å²) in [6, 6.07) is 2.22. The Morgan fingerprint density at radius 1 is 1.25 bits per heavy atom. The number of halogens is 5. The summed E-state index contributed by atoms with van der Waals surface area (Å²) in [6.45, 7) is 0.618. The zero-order valence-corrected chi connectivity index (χ0v) is 18.5. The highest BCUT2D eigenvalue weighted by molar-refractivity contribution is 6.03. The third kappa shape index (κ3) is 4.49. The normalized spacial score (nSPS) is 15.8. The zero-order valence-electron chi connectivity index (χ0n) is 18.5. The second kappa shape index (κ2) is 9.22. The van der Waals surface area contributed by atoms with E-state index in [1.165, 1.54) is 10.6 Å². The number of anilines is 1. The number of carbonyl (C=O) groups excluding carboxylic acids is 2. The third-order valence-corrected chi connectivity index (χ3v) is 5.62. The summed E-state index contributed by atoms with van der Waals surface area (Å²) in [6.07, 6.45) is -3.55. The Bertz CT molecular complexity index is 1440. The van der Waals surface area contributed by atoms with Gasteiger partial charge >= 0.3 is 6.18 Å². The maximum absolute atomic E-state index is 14.2. The molecule has 190 valence electrons. The molecule has 36 heavy (non-hydrogen) atoms. The van der Waals surface area contributed by atoms with Crippen LogP contribution in [0.5, 0.6) is 5.75 Å². The molecular weight excluding hydrogens is 493 g/mol. The molecule has 2 aromatic carbocycles. The monoisotopic (exact) mass is 511 g/mol. The van der Waals surface area contributed by atoms with Crippen LogP contribution in [0.25, 0.3) is 10.9 Å². The maximum Gasteiger partial charge on any atom is 0.416 e. The van der Waals surface area contributed by atoms with Crippen molar-refractivity contribution in [1.29, 1.82) is 0 Å². The van der Waals surface area contributed by atoms with E-state index in [0.29, 0.717) is 12.1 Å². The van der Waals surface area contributed by atoms with Gasteiger partial charge in [0.05, 0.1) is 29.1 Å². The van der Waals surface area contributed by atoms with Crippen molar-refractivity contribution in [3.05, 3.63) is 69.5 Å². The van der Waals surface area contributed by atoms with Crippen LogP contribution in [0.4, 0.5) is 27.6 Å². The van der Waals surface area contributed by atoms with Gasteiger partial charge in [-0.15, -0.1) is 0 Å². The number of nitrogens with one attached hydrogen (secondary N) is 2. The highest BCUT2D eigenvalue weighted by Gasteiger charge is 2.32. The molecule has 4 rings (SSSR count). The van der Waals surface area contributed by atoms with Crippen molar-refractivity contribution in [2.24, 2.45) is 0 Å². The molecule has 13 heteroatoms. The molecule has 2 amide bonds. The molecular formula is C23H18F5N3O5. The Labute approximate surface area is 199 Å². The van der Waals surface area contributed by atoms with Crippen molar-refractivity contribution >= 4 is 28.4 Å². The van der Waals surface area contributed by atoms with Gasteiger partial charge in [0.25, 0.3) is 5.91 Å². The number of alkyl halides is 3. The van der Waals surface area contributed by atoms with Gasteiger partial charge in [-0.3, -0.25) is 14.4 Å². The topological polar surface area (TPSA) is 110 Å². The van der Waals surface area contributed by atoms with Gasteiger partial charge in [-0.05, 0) is 31.2 Å². The molecule has 1 aromatic heterocycles. The van der Waals surface area contributed by atoms with Crippen LogP contribution in [0, 0.1) is 11.6 Å². The van der Waals surface area contributed by atoms with E-state index in [0.717, 1.165) is 18.3 Å². The minimum absolute atomic E-state index is 0.0461. The molecule has 1 aliphatic heterocycles. The van der Waals surface area contributed by atoms with Gasteiger partial charge < -0.3 is 25.0 Å². The van der Waals surface area contributed by atoms with E-state index < -0.39 is 70.6 Å². The summed E-state index contributed by atoms with van der Waals surface area (Å²) in [7, 11) is 0. The predicted molar refractivity (Wildman–Crippen MR) is 117 cm³/mol. The first-order chi connectivity index (χ1) is 16.9. The van der Waals surface area contributed by atoms with Crippen molar-refractivity contribution in [2.75, 3.05) is 18.5 Å². The summed E-state index contributed by atoms with van der Waals surface area (Å²) in [5.41, 5.74) is -2.82. The number of nitrogens with zero attached hydrogens (tertiary/aromatic N) is 1. The average molecular weight is 511 g/mol. The molecule has 2 atom stereocenters. The Hall–Kier alpha value is -4.00. The fourth-order valence-corrected chi connectivity index (χ4v) is 3.79. The Morgan fingerprint density at radius 2 is 1.97 bits per heavy atom. The fraction of sp³-hybridized carbons (Fsp3) is 0.261. The van der Waals surface area contributed by atoms with E-state index in [4.69, 9.17) is 4.74 Å². The van der Waals surface area contributed by atoms with Crippen LogP contribution in [0.1, 0.15) is 28.9 Å². The second-order valence-electron chi connectivity index (χ2n) is 8.11. The summed E-state index contributed by atoms with van der Waals surface area (Å²) in [5.74, 6) is -5.28. The van der Waals surface area contributed by atoms with Gasteiger partial charge in [-0.25, -0.2) is 4.39 Å². The largest absolute Gasteiger partial charge is 0.486 e. The van der Waals surface area contributed by atoms with E-state index >= 15 is 0 Å². The van der Waals surface area contributed by atoms with Crippen molar-refractivity contribution in [2.45, 2.75) is 25.2 Å². The molecule has 0 radical (unpaired) electrons. The molecule has 1 unspecified atom stereocenters. The van der Waals surface area contributed by atoms with Gasteiger partial charge in [0, 0.05) is 11.9 Å². The maximum atomic E-state index is 14.2. The molecule has 0 saturated heterocycles. The number of benzene rings is 2. The molecule has 0 fully saturated rings. The molecule has 0 spiro atoms. The molecule has 0 bridgehead atoms. The number of hydrogen-bond donors (Lipinski definition) is 3. The lowest BCUT2D eigenvalue weighted by Crippen LogP contribution is -2.47. The predicted octanol–water partition coefficient (Wildman–Crippen LogP) is 2.98. The molecule has 0 saturated carbocycles. The van der Waals surface area contributed by atoms with Crippen molar-refractivity contribution in [3.8, 4) is 5.75 Å². The first-order valence-corrected chi connectivity index (χ1v) is 10.5. The molecule has 3 N–H and O–H groups in total. The number of aromatic nitrogens is 1. The van der Waals surface area contributed by atoms with Crippen LogP contribution >= 0.6 is 0 Å². The van der Waals surface area contributed by atoms with Crippen molar-refractivity contribution in [3.63, 3.8) is 0 Å². The summed E-state index contributed by atoms with van der Waals surface area (Å²) < 4.78 is 73.6. The highest BCUT2D eigenvalue weighted by atomic mass is 19.4. The van der Waals surface area contributed by atoms with E-state index in [-0.39, 0.29) is 23.2 Å². The van der Waals surface area contributed by atoms with Crippen LogP contribution in [0.3, 0.4) is 0 Å². The standard InChI is InChI=1S/C23H18F5N3O5/c1-10-9-36-20-17(25)15(24)6-13-18(20)31(10)7-14(19(13)33)21(34)30-16(8-32)22(35)29-12-4-2-3-11(5-12)23(26,27)28/h2-7,10,16,32H,8-9H2,1H3,(H,29,35)(H,30,34)/t10?,16-/m0/s1. The van der Waals surface area contributed by atoms with Crippen molar-refractivity contribution in [1.82, 2.24) is 9.88 Å². The van der Waals surface area contributed by atoms with Crippen LogP contribution in [0.2, 0.25) is 0 Å². The smallest absolute Gasteiger partial charge is 0.416 e. The lowest BCUT2D eigenvalue weighted by molar-refractivity contribution is -0.137. The van der Waals surface area contributed by atoms with Gasteiger partial charge in [-0.2, -0.15) is 17.6 Å². The van der Waals surface area contributed by atoms with Crippen LogP contribution in [0.15, 0.2) is 41.3 Å². The quantitative estimate of drug-likeness (QED) is 0.457. The molecule has 0 aliphatic carbocycles. The van der Waals surface area contributed by atoms with Crippen molar-refractivity contribution < 1.29 is 41.4 Å². The van der Waals surface area contributed by atoms with E-state index in [2.05, 4.69) is 10.6 Å². The Morgan fingerprint density at radius 3 is 2.64 bits per heavy atom. The molecule has 8 nitrogen and oxygen atoms in total. The Kier molecular flexibility index (Phi) is 6.43. The minimum atomic E-state index is -4.66. The highest BCUT2D eigenvalue weighted by Crippen LogP contribution is 2.35. The van der Waals surface area contributed by atoms with E-state index in [1.807, 2.05) is 0 Å². The lowest BCUT2D eigenvalue weighted by Gasteiger charge is -2.27. The average Bonchev–Trinajstić information content (AvgIpc) is 2.82. The second-order valence-corrected chi connectivity index (χ2v) is 8.11. The minimum Gasteiger partial charge on any atom is -0.486 e. The summed E-state index contributed by atoms with van der Waals surface area (Å²) in [4.78, 5) is 38.4. The van der Waals surface area contributed by atoms with E-state index in [9.17, 15) is 41.4 Å². The van der Waals surface area contributed by atoms with Crippen LogP contribution < -0.4 is 20.8 Å². The van der Waals surface area contributed by atoms with Gasteiger partial charge in [0.2, 0.25) is 17.2 Å². The number of pyridine rings is 1. The number of carbonyl (C=O) groups is 2. The fourth-order valence-electron chi connectivity index (χ4n) is 3.79. The number of rotatable bonds is 5. The SMILES string of the molecule is CC1COc2c(F)c(F)cc3c(=O)c(C(=O)N[C@@H](CO)C(=O)Nc4cccc(C(F)(F)F)c4)cn1c23. The number of ether oxygens (including phenoxy) is 1. The number of aliphatic hydroxyl groups is 1. The van der Waals surface area contributed by atoms with Gasteiger partial charge in [0.15, 0.2) is 11.6 Å². The van der Waals surface area contributed by atoms with Crippen LogP contribution in [-0.2, 0) is 11.0 Å². The summed E-state index contributed by atoms with van der Waals surface area (Å²) in [5, 5.41) is 13.6. The lowest BCUT2D eigenvalue weighted by atomic mass is 10.1. The molecule has 2 heterocycles. The molecule has 1 aliphatic rings. The number of hydrogen-bond acceptors (Lipinski definition) is 5. The third-order valence-electron chi connectivity index (χ3n) is 5.62. The van der Waals surface area contributed by atoms with Gasteiger partial charge in [-0.1, -0.05) is 6.07 Å². The number of aliphatic hydroxyl groups excluding tert-OH is 1. The summed E-state index contributed by atoms with van der Waals surface area (Å²) >= 11 is 0. The van der Waals surface area contributed by atoms with Gasteiger partial charge in [0.1, 0.15) is 18.2 Å². The first kappa shape index (κ1) is 25.1. The first-order valence-electron chi connectivity index (χ1n) is 10.5. The number of amides is 2. The Balaban J connectivity index is 1.64. The molecule has 3 aromatic rings. The van der Waals surface area contributed by atoms with E-state index in [1.54, 1.807) is 6.92 Å². The van der Waals surface area contributed by atoms with Crippen LogP contribution in [-0.4, -0.2) is 40.7 Å². The zero-order chi connectivity index (χ0) is 26.4.